The number of phenolic OH excluding ortho intramolecular Hbond substituents is 1. The van der Waals surface area contributed by atoms with Crippen LogP contribution in [0.3, 0.4) is 0 Å². The summed E-state index contributed by atoms with van der Waals surface area (Å²) in [6.45, 7) is 9.42. The molecule has 1 aromatic heterocycles. The van der Waals surface area contributed by atoms with E-state index in [-0.39, 0.29) is 11.4 Å². The van der Waals surface area contributed by atoms with E-state index in [1.54, 1.807) is 26.2 Å². The molecule has 172 valence electrons. The fourth-order valence-corrected chi connectivity index (χ4v) is 3.63. The molecular formula is C24H31FN4O3. The van der Waals surface area contributed by atoms with Gasteiger partial charge >= 0.3 is 0 Å². The van der Waals surface area contributed by atoms with Crippen LogP contribution in [0.25, 0.3) is 10.9 Å². The maximum absolute atomic E-state index is 14.4. The first kappa shape index (κ1) is 23.5. The number of nitrogens with zero attached hydrogens (tertiary/aromatic N) is 3. The molecule has 0 unspecified atom stereocenters. The van der Waals surface area contributed by atoms with Crippen molar-refractivity contribution in [2.75, 3.05) is 38.7 Å². The minimum absolute atomic E-state index is 0.000665. The zero-order valence-electron chi connectivity index (χ0n) is 19.1. The van der Waals surface area contributed by atoms with Gasteiger partial charge in [-0.1, -0.05) is 13.8 Å². The molecule has 0 fully saturated rings. The van der Waals surface area contributed by atoms with Gasteiger partial charge in [0.2, 0.25) is 0 Å². The summed E-state index contributed by atoms with van der Waals surface area (Å²) in [4.78, 5) is 11.0. The number of phenols is 1. The summed E-state index contributed by atoms with van der Waals surface area (Å²) in [6.07, 6.45) is 3.61. The monoisotopic (exact) mass is 442 g/mol. The highest BCUT2D eigenvalue weighted by molar-refractivity contribution is 5.93. The first-order chi connectivity index (χ1) is 15.5. The van der Waals surface area contributed by atoms with Gasteiger partial charge in [-0.2, -0.15) is 0 Å². The van der Waals surface area contributed by atoms with Crippen molar-refractivity contribution >= 4 is 22.4 Å². The summed E-state index contributed by atoms with van der Waals surface area (Å²) in [6, 6.07) is 6.11. The molecule has 0 aliphatic rings. The second-order valence-electron chi connectivity index (χ2n) is 7.62. The summed E-state index contributed by atoms with van der Waals surface area (Å²) in [5.74, 6) is 1.06. The Morgan fingerprint density at radius 1 is 1.06 bits per heavy atom. The van der Waals surface area contributed by atoms with Gasteiger partial charge in [0.1, 0.15) is 30.3 Å². The Bertz CT molecular complexity index is 1060. The van der Waals surface area contributed by atoms with Gasteiger partial charge in [0, 0.05) is 23.6 Å². The number of rotatable bonds is 11. The molecule has 32 heavy (non-hydrogen) atoms. The minimum Gasteiger partial charge on any atom is -0.508 e. The number of ether oxygens (including phenoxy) is 2. The van der Waals surface area contributed by atoms with Crippen molar-refractivity contribution in [2.45, 2.75) is 33.6 Å². The highest BCUT2D eigenvalue weighted by Crippen LogP contribution is 2.36. The molecule has 3 aromatic rings. The molecular weight excluding hydrogens is 411 g/mol. The van der Waals surface area contributed by atoms with Crippen LogP contribution in [-0.2, 0) is 0 Å². The van der Waals surface area contributed by atoms with Crippen molar-refractivity contribution in [3.8, 4) is 17.2 Å². The lowest BCUT2D eigenvalue weighted by molar-refractivity contribution is 0.204. The number of methoxy groups -OCH3 is 1. The molecule has 0 saturated heterocycles. The molecule has 0 bridgehead atoms. The van der Waals surface area contributed by atoms with Crippen LogP contribution < -0.4 is 14.8 Å². The third-order valence-corrected chi connectivity index (χ3v) is 5.29. The van der Waals surface area contributed by atoms with Crippen molar-refractivity contribution in [2.24, 2.45) is 0 Å². The fraction of sp³-hybridized carbons (Fsp3) is 0.417. The number of halogens is 1. The van der Waals surface area contributed by atoms with Gasteiger partial charge in [-0.3, -0.25) is 4.90 Å². The van der Waals surface area contributed by atoms with Crippen molar-refractivity contribution in [1.82, 2.24) is 14.9 Å². The van der Waals surface area contributed by atoms with E-state index in [4.69, 9.17) is 9.47 Å². The van der Waals surface area contributed by atoms with Gasteiger partial charge in [-0.25, -0.2) is 14.4 Å². The third-order valence-electron chi connectivity index (χ3n) is 5.29. The van der Waals surface area contributed by atoms with Crippen molar-refractivity contribution in [3.05, 3.63) is 42.0 Å². The number of hydrogen-bond acceptors (Lipinski definition) is 7. The van der Waals surface area contributed by atoms with Crippen LogP contribution in [0.15, 0.2) is 30.6 Å². The summed E-state index contributed by atoms with van der Waals surface area (Å²) >= 11 is 0. The number of nitrogens with one attached hydrogen (secondary N) is 1. The van der Waals surface area contributed by atoms with E-state index in [2.05, 4.69) is 34.0 Å². The fourth-order valence-electron chi connectivity index (χ4n) is 3.63. The molecule has 2 aromatic carbocycles. The number of hydrogen-bond donors (Lipinski definition) is 2. The van der Waals surface area contributed by atoms with Gasteiger partial charge < -0.3 is 19.9 Å². The zero-order valence-corrected chi connectivity index (χ0v) is 19.1. The largest absolute Gasteiger partial charge is 0.508 e. The van der Waals surface area contributed by atoms with E-state index in [1.807, 2.05) is 0 Å². The molecule has 0 aliphatic heterocycles. The van der Waals surface area contributed by atoms with Crippen molar-refractivity contribution in [1.29, 1.82) is 0 Å². The van der Waals surface area contributed by atoms with Crippen molar-refractivity contribution < 1.29 is 19.0 Å². The van der Waals surface area contributed by atoms with Gasteiger partial charge in [0.25, 0.3) is 0 Å². The Kier molecular flexibility index (Phi) is 8.05. The van der Waals surface area contributed by atoms with Gasteiger partial charge in [0.05, 0.1) is 18.3 Å². The molecule has 1 heterocycles. The smallest absolute Gasteiger partial charge is 0.163 e. The molecule has 8 heteroatoms. The Hall–Kier alpha value is -3.13. The molecule has 0 radical (unpaired) electrons. The summed E-state index contributed by atoms with van der Waals surface area (Å²) in [7, 11) is 1.57. The number of aromatic nitrogens is 2. The third kappa shape index (κ3) is 5.37. The van der Waals surface area contributed by atoms with Crippen LogP contribution in [0.5, 0.6) is 17.2 Å². The Morgan fingerprint density at radius 2 is 1.81 bits per heavy atom. The average Bonchev–Trinajstić information content (AvgIpc) is 2.79. The van der Waals surface area contributed by atoms with Crippen LogP contribution in [0.1, 0.15) is 32.3 Å². The molecule has 3 rings (SSSR count). The second-order valence-corrected chi connectivity index (χ2v) is 7.62. The van der Waals surface area contributed by atoms with Gasteiger partial charge in [-0.15, -0.1) is 0 Å². The van der Waals surface area contributed by atoms with E-state index in [1.165, 1.54) is 18.5 Å². The predicted octanol–water partition coefficient (Wildman–Crippen LogP) is 5.04. The predicted molar refractivity (Wildman–Crippen MR) is 125 cm³/mol. The molecule has 2 N–H and O–H groups in total. The first-order valence-electron chi connectivity index (χ1n) is 10.9. The lowest BCUT2D eigenvalue weighted by atomic mass is 10.1. The summed E-state index contributed by atoms with van der Waals surface area (Å²) in [5.41, 5.74) is 1.19. The molecule has 0 saturated carbocycles. The molecule has 7 nitrogen and oxygen atoms in total. The van der Waals surface area contributed by atoms with E-state index in [0.717, 1.165) is 32.5 Å². The van der Waals surface area contributed by atoms with Crippen LogP contribution >= 0.6 is 0 Å². The number of anilines is 2. The number of benzene rings is 2. The van der Waals surface area contributed by atoms with Gasteiger partial charge in [0.15, 0.2) is 11.5 Å². The Morgan fingerprint density at radius 3 is 2.50 bits per heavy atom. The average molecular weight is 443 g/mol. The van der Waals surface area contributed by atoms with Crippen LogP contribution in [0.4, 0.5) is 15.9 Å². The molecule has 0 atom stereocenters. The lowest BCUT2D eigenvalue weighted by Crippen LogP contribution is -2.30. The first-order valence-corrected chi connectivity index (χ1v) is 10.9. The van der Waals surface area contributed by atoms with Crippen molar-refractivity contribution in [3.63, 3.8) is 0 Å². The van der Waals surface area contributed by atoms with E-state index in [9.17, 15) is 9.50 Å². The highest BCUT2D eigenvalue weighted by Gasteiger charge is 2.15. The standard InChI is InChI=1S/C24H31FN4O3/c1-5-9-29(10-6-2)11-12-32-22-14-19-17(13-21(22)31-4)24(27-15-26-19)28-23-16(3)20(30)8-7-18(23)25/h7-8,13-15,30H,5-6,9-12H2,1-4H3,(H,26,27,28). The maximum Gasteiger partial charge on any atom is 0.163 e. The quantitative estimate of drug-likeness (QED) is 0.431. The zero-order chi connectivity index (χ0) is 23.1. The van der Waals surface area contributed by atoms with E-state index >= 15 is 0 Å². The topological polar surface area (TPSA) is 79.7 Å². The minimum atomic E-state index is -0.484. The maximum atomic E-state index is 14.4. The lowest BCUT2D eigenvalue weighted by Gasteiger charge is -2.21. The highest BCUT2D eigenvalue weighted by atomic mass is 19.1. The summed E-state index contributed by atoms with van der Waals surface area (Å²) in [5, 5.41) is 13.6. The number of fused-ring (bicyclic) bond motifs is 1. The Labute approximate surface area is 188 Å². The van der Waals surface area contributed by atoms with Gasteiger partial charge in [-0.05, 0) is 51.1 Å². The van der Waals surface area contributed by atoms with Crippen LogP contribution in [-0.4, -0.2) is 53.3 Å². The molecule has 0 aliphatic carbocycles. The van der Waals surface area contributed by atoms with Crippen LogP contribution in [0, 0.1) is 12.7 Å². The second kappa shape index (κ2) is 10.9. The SMILES string of the molecule is CCCN(CCC)CCOc1cc2ncnc(Nc3c(F)ccc(O)c3C)c2cc1OC. The normalized spacial score (nSPS) is 11.2. The summed E-state index contributed by atoms with van der Waals surface area (Å²) < 4.78 is 25.9. The molecule has 0 spiro atoms. The number of aromatic hydroxyl groups is 1. The van der Waals surface area contributed by atoms with E-state index in [0.29, 0.717) is 40.4 Å². The Balaban J connectivity index is 1.86. The van der Waals surface area contributed by atoms with Crippen LogP contribution in [0.2, 0.25) is 0 Å². The molecule has 0 amide bonds. The van der Waals surface area contributed by atoms with E-state index < -0.39 is 5.82 Å².